The Morgan fingerprint density at radius 3 is 2.66 bits per heavy atom. The second kappa shape index (κ2) is 8.05. The van der Waals surface area contributed by atoms with Gasteiger partial charge < -0.3 is 15.0 Å². The highest BCUT2D eigenvalue weighted by Gasteiger charge is 2.26. The Kier molecular flexibility index (Phi) is 5.31. The number of nitrogens with zero attached hydrogens (tertiary/aromatic N) is 1. The zero-order chi connectivity index (χ0) is 20.4. The average molecular weight is 455 g/mol. The summed E-state index contributed by atoms with van der Waals surface area (Å²) in [6, 6.07) is 18.2. The van der Waals surface area contributed by atoms with Gasteiger partial charge in [-0.3, -0.25) is 9.59 Å². The molecule has 0 saturated carbocycles. The molecular formula is C22H16BrFN2O3. The van der Waals surface area contributed by atoms with Gasteiger partial charge in [0.05, 0.1) is 12.2 Å². The highest BCUT2D eigenvalue weighted by Crippen LogP contribution is 2.35. The van der Waals surface area contributed by atoms with E-state index < -0.39 is 0 Å². The van der Waals surface area contributed by atoms with Crippen molar-refractivity contribution in [2.24, 2.45) is 0 Å². The third-order valence-electron chi connectivity index (χ3n) is 4.50. The van der Waals surface area contributed by atoms with Crippen LogP contribution in [0.5, 0.6) is 5.75 Å². The fourth-order valence-corrected chi connectivity index (χ4v) is 3.46. The number of halogens is 2. The summed E-state index contributed by atoms with van der Waals surface area (Å²) in [5, 5.41) is 2.83. The molecule has 0 bridgehead atoms. The van der Waals surface area contributed by atoms with E-state index in [4.69, 9.17) is 4.74 Å². The van der Waals surface area contributed by atoms with Crippen molar-refractivity contribution in [1.82, 2.24) is 0 Å². The van der Waals surface area contributed by atoms with Crippen molar-refractivity contribution in [3.8, 4) is 5.75 Å². The number of carbonyl (C=O) groups excluding carboxylic acids is 2. The van der Waals surface area contributed by atoms with E-state index in [2.05, 4.69) is 21.2 Å². The molecule has 1 heterocycles. The summed E-state index contributed by atoms with van der Waals surface area (Å²) in [7, 11) is 0. The molecule has 4 rings (SSSR count). The molecule has 1 aliphatic rings. The highest BCUT2D eigenvalue weighted by atomic mass is 79.9. The molecule has 0 saturated heterocycles. The first-order valence-corrected chi connectivity index (χ1v) is 9.67. The number of amides is 2. The summed E-state index contributed by atoms with van der Waals surface area (Å²) >= 11 is 3.35. The lowest BCUT2D eigenvalue weighted by Crippen LogP contribution is -2.38. The first-order valence-electron chi connectivity index (χ1n) is 8.88. The van der Waals surface area contributed by atoms with Crippen molar-refractivity contribution in [3.05, 3.63) is 88.1 Å². The van der Waals surface area contributed by atoms with Crippen molar-refractivity contribution in [1.29, 1.82) is 0 Å². The van der Waals surface area contributed by atoms with Crippen LogP contribution >= 0.6 is 15.9 Å². The maximum atomic E-state index is 13.1. The van der Waals surface area contributed by atoms with Gasteiger partial charge in [0.2, 0.25) is 0 Å². The van der Waals surface area contributed by atoms with Gasteiger partial charge in [-0.25, -0.2) is 4.39 Å². The quantitative estimate of drug-likeness (QED) is 0.617. The van der Waals surface area contributed by atoms with Gasteiger partial charge in [0.25, 0.3) is 11.8 Å². The van der Waals surface area contributed by atoms with E-state index >= 15 is 0 Å². The number of ether oxygens (including phenoxy) is 1. The van der Waals surface area contributed by atoms with Crippen molar-refractivity contribution >= 4 is 39.1 Å². The standard InChI is InChI=1S/C22H16BrFN2O3/c23-16-3-1-2-15(10-16)22(28)25-18-8-9-19-20(11-18)29-13-21(27)26(19)12-14-4-6-17(24)7-5-14/h1-11H,12-13H2,(H,25,28). The number of benzene rings is 3. The number of carbonyl (C=O) groups is 2. The first kappa shape index (κ1) is 19.1. The number of hydrogen-bond donors (Lipinski definition) is 1. The molecule has 0 fully saturated rings. The lowest BCUT2D eigenvalue weighted by Gasteiger charge is -2.29. The fourth-order valence-electron chi connectivity index (χ4n) is 3.06. The minimum absolute atomic E-state index is 0.1000. The SMILES string of the molecule is O=C(Nc1ccc2c(c1)OCC(=O)N2Cc1ccc(F)cc1)c1cccc(Br)c1. The zero-order valence-electron chi connectivity index (χ0n) is 15.2. The lowest BCUT2D eigenvalue weighted by atomic mass is 10.1. The van der Waals surface area contributed by atoms with Crippen LogP contribution in [0.3, 0.4) is 0 Å². The summed E-state index contributed by atoms with van der Waals surface area (Å²) < 4.78 is 19.5. The molecular weight excluding hydrogens is 439 g/mol. The molecule has 1 N–H and O–H groups in total. The van der Waals surface area contributed by atoms with Crippen molar-refractivity contribution in [2.75, 3.05) is 16.8 Å². The van der Waals surface area contributed by atoms with Gasteiger partial charge in [0.15, 0.2) is 6.61 Å². The summed E-state index contributed by atoms with van der Waals surface area (Å²) in [6.45, 7) is 0.205. The molecule has 3 aromatic carbocycles. The molecule has 0 radical (unpaired) electrons. The summed E-state index contributed by atoms with van der Waals surface area (Å²) in [5.74, 6) is -0.263. The Hall–Kier alpha value is -3.19. The van der Waals surface area contributed by atoms with Crippen LogP contribution in [-0.2, 0) is 11.3 Å². The molecule has 0 aromatic heterocycles. The van der Waals surface area contributed by atoms with Gasteiger partial charge >= 0.3 is 0 Å². The molecule has 7 heteroatoms. The monoisotopic (exact) mass is 454 g/mol. The van der Waals surface area contributed by atoms with Gasteiger partial charge in [-0.2, -0.15) is 0 Å². The van der Waals surface area contributed by atoms with Gasteiger partial charge in [0.1, 0.15) is 11.6 Å². The maximum absolute atomic E-state index is 13.1. The van der Waals surface area contributed by atoms with E-state index in [1.807, 2.05) is 6.07 Å². The Balaban J connectivity index is 1.55. The molecule has 0 spiro atoms. The molecule has 5 nitrogen and oxygen atoms in total. The smallest absolute Gasteiger partial charge is 0.265 e. The minimum Gasteiger partial charge on any atom is -0.481 e. The molecule has 0 atom stereocenters. The normalized spacial score (nSPS) is 12.9. The minimum atomic E-state index is -0.326. The van der Waals surface area contributed by atoms with Crippen LogP contribution in [0.25, 0.3) is 0 Å². The van der Waals surface area contributed by atoms with E-state index in [1.165, 1.54) is 12.1 Å². The molecule has 0 aliphatic carbocycles. The van der Waals surface area contributed by atoms with Crippen LogP contribution < -0.4 is 15.0 Å². The average Bonchev–Trinajstić information content (AvgIpc) is 2.71. The van der Waals surface area contributed by atoms with Crippen LogP contribution in [0.1, 0.15) is 15.9 Å². The Morgan fingerprint density at radius 1 is 1.10 bits per heavy atom. The summed E-state index contributed by atoms with van der Waals surface area (Å²) in [4.78, 5) is 26.4. The maximum Gasteiger partial charge on any atom is 0.265 e. The van der Waals surface area contributed by atoms with Gasteiger partial charge in [-0.1, -0.05) is 34.1 Å². The third-order valence-corrected chi connectivity index (χ3v) is 4.99. The predicted octanol–water partition coefficient (Wildman–Crippen LogP) is 4.77. The molecule has 1 aliphatic heterocycles. The third kappa shape index (κ3) is 4.30. The number of anilines is 2. The van der Waals surface area contributed by atoms with Crippen molar-refractivity contribution < 1.29 is 18.7 Å². The van der Waals surface area contributed by atoms with Gasteiger partial charge in [0, 0.05) is 21.8 Å². The number of fused-ring (bicyclic) bond motifs is 1. The van der Waals surface area contributed by atoms with Gasteiger partial charge in [-0.05, 0) is 48.0 Å². The van der Waals surface area contributed by atoms with E-state index in [-0.39, 0.29) is 24.2 Å². The van der Waals surface area contributed by atoms with Crippen LogP contribution in [0.15, 0.2) is 71.2 Å². The molecule has 3 aromatic rings. The first-order chi connectivity index (χ1) is 14.0. The molecule has 146 valence electrons. The lowest BCUT2D eigenvalue weighted by molar-refractivity contribution is -0.121. The topological polar surface area (TPSA) is 58.6 Å². The van der Waals surface area contributed by atoms with E-state index in [1.54, 1.807) is 53.4 Å². The van der Waals surface area contributed by atoms with Crippen LogP contribution in [0.4, 0.5) is 15.8 Å². The number of nitrogens with one attached hydrogen (secondary N) is 1. The molecule has 2 amide bonds. The zero-order valence-corrected chi connectivity index (χ0v) is 16.8. The second-order valence-corrected chi connectivity index (χ2v) is 7.46. The van der Waals surface area contributed by atoms with Crippen LogP contribution in [-0.4, -0.2) is 18.4 Å². The molecule has 29 heavy (non-hydrogen) atoms. The molecule has 0 unspecified atom stereocenters. The van der Waals surface area contributed by atoms with E-state index in [9.17, 15) is 14.0 Å². The number of hydrogen-bond acceptors (Lipinski definition) is 3. The largest absolute Gasteiger partial charge is 0.481 e. The highest BCUT2D eigenvalue weighted by molar-refractivity contribution is 9.10. The van der Waals surface area contributed by atoms with Crippen LogP contribution in [0.2, 0.25) is 0 Å². The van der Waals surface area contributed by atoms with Crippen molar-refractivity contribution in [3.63, 3.8) is 0 Å². The second-order valence-electron chi connectivity index (χ2n) is 6.54. The van der Waals surface area contributed by atoms with E-state index in [0.717, 1.165) is 10.0 Å². The van der Waals surface area contributed by atoms with Gasteiger partial charge in [-0.15, -0.1) is 0 Å². The van der Waals surface area contributed by atoms with Crippen LogP contribution in [0, 0.1) is 5.82 Å². The summed E-state index contributed by atoms with van der Waals surface area (Å²) in [6.07, 6.45) is 0. The Morgan fingerprint density at radius 2 is 1.90 bits per heavy atom. The van der Waals surface area contributed by atoms with E-state index in [0.29, 0.717) is 29.2 Å². The Bertz CT molecular complexity index is 1090. The number of rotatable bonds is 4. The van der Waals surface area contributed by atoms with Crippen molar-refractivity contribution in [2.45, 2.75) is 6.54 Å². The summed E-state index contributed by atoms with van der Waals surface area (Å²) in [5.41, 5.74) is 2.49. The predicted molar refractivity (Wildman–Crippen MR) is 112 cm³/mol. The fraction of sp³-hybridized carbons (Fsp3) is 0.0909. The Labute approximate surface area is 175 Å².